The van der Waals surface area contributed by atoms with Gasteiger partial charge in [-0.3, -0.25) is 0 Å². The van der Waals surface area contributed by atoms with Gasteiger partial charge in [-0.2, -0.15) is 18.2 Å². The first kappa shape index (κ1) is 13.6. The van der Waals surface area contributed by atoms with Gasteiger partial charge < -0.3 is 0 Å². The minimum Gasteiger partial charge on any atom is -0.186 e. The van der Waals surface area contributed by atoms with Gasteiger partial charge in [0.2, 0.25) is 0 Å². The van der Waals surface area contributed by atoms with Crippen LogP contribution < -0.4 is 0 Å². The first-order chi connectivity index (χ1) is 7.60. The molecule has 0 saturated carbocycles. The van der Waals surface area contributed by atoms with Crippen molar-refractivity contribution in [1.82, 2.24) is 21.0 Å². The number of hydrogen-bond acceptors (Lipinski definition) is 4. The number of alkyl halides is 2. The largest absolute Gasteiger partial charge is 0.387 e. The van der Waals surface area contributed by atoms with Crippen molar-refractivity contribution in [1.29, 1.82) is 0 Å². The van der Waals surface area contributed by atoms with Crippen molar-refractivity contribution in [2.24, 2.45) is 5.10 Å². The van der Waals surface area contributed by atoms with Gasteiger partial charge in [0, 0.05) is 5.34 Å². The van der Waals surface area contributed by atoms with Gasteiger partial charge in [-0.25, -0.2) is 0 Å². The summed E-state index contributed by atoms with van der Waals surface area (Å²) in [6.45, 7) is 0. The van der Waals surface area contributed by atoms with Crippen molar-refractivity contribution in [2.45, 2.75) is 11.8 Å². The SMILES string of the molecule is F/C(=N/N1C(F)(N(F)F)C1(F)N(F)F)N(F)F. The number of rotatable bonds is 3. The molecule has 0 amide bonds. The molecule has 1 heterocycles. The third-order valence-electron chi connectivity index (χ3n) is 1.69. The van der Waals surface area contributed by atoms with Crippen LogP contribution in [0.2, 0.25) is 0 Å². The van der Waals surface area contributed by atoms with Crippen LogP contribution in [0.15, 0.2) is 5.10 Å². The number of nitrogens with zero attached hydrogens (tertiary/aromatic N) is 5. The number of hydrogen-bond donors (Lipinski definition) is 0. The third kappa shape index (κ3) is 1.63. The highest BCUT2D eigenvalue weighted by atomic mass is 19.4. The summed E-state index contributed by atoms with van der Waals surface area (Å²) in [4.78, 5) is 0. The van der Waals surface area contributed by atoms with Gasteiger partial charge in [-0.05, 0) is 0 Å². The lowest BCUT2D eigenvalue weighted by Crippen LogP contribution is -2.34. The second-order valence-electron chi connectivity index (χ2n) is 2.55. The molecule has 17 heavy (non-hydrogen) atoms. The van der Waals surface area contributed by atoms with E-state index in [4.69, 9.17) is 0 Å². The van der Waals surface area contributed by atoms with Crippen LogP contribution in [-0.2, 0) is 0 Å². The lowest BCUT2D eigenvalue weighted by Gasteiger charge is -2.05. The van der Waals surface area contributed by atoms with Crippen LogP contribution in [0, 0.1) is 0 Å². The lowest BCUT2D eigenvalue weighted by molar-refractivity contribution is -0.313. The Hall–Kier alpha value is -1.44. The quantitative estimate of drug-likeness (QED) is 0.197. The number of halogens is 9. The first-order valence-electron chi connectivity index (χ1n) is 3.37. The van der Waals surface area contributed by atoms with Gasteiger partial charge in [0.05, 0.1) is 10.7 Å². The fourth-order valence-corrected chi connectivity index (χ4v) is 0.880. The Morgan fingerprint density at radius 1 is 0.882 bits per heavy atom. The highest BCUT2D eigenvalue weighted by molar-refractivity contribution is 5.69. The molecule has 14 heteroatoms. The van der Waals surface area contributed by atoms with Gasteiger partial charge in [0.25, 0.3) is 0 Å². The normalized spacial score (nSPS) is 33.6. The molecule has 1 aliphatic rings. The zero-order chi connectivity index (χ0) is 13.6. The summed E-state index contributed by atoms with van der Waals surface area (Å²) < 4.78 is 108. The summed E-state index contributed by atoms with van der Waals surface area (Å²) in [5, 5.41) is -7.80. The summed E-state index contributed by atoms with van der Waals surface area (Å²) in [6.07, 6.45) is -2.96. The maximum atomic E-state index is 12.9. The smallest absolute Gasteiger partial charge is 0.186 e. The van der Waals surface area contributed by atoms with Crippen molar-refractivity contribution < 1.29 is 40.1 Å². The molecule has 0 N–H and O–H groups in total. The second-order valence-corrected chi connectivity index (χ2v) is 2.55. The molecule has 0 aliphatic carbocycles. The van der Waals surface area contributed by atoms with Gasteiger partial charge in [-0.1, -0.05) is 26.9 Å². The van der Waals surface area contributed by atoms with Crippen LogP contribution in [0.4, 0.5) is 40.1 Å². The molecule has 1 aliphatic heterocycles. The molecule has 0 aromatic rings. The molecule has 1 saturated heterocycles. The Morgan fingerprint density at radius 3 is 1.47 bits per heavy atom. The second kappa shape index (κ2) is 3.80. The fraction of sp³-hybridized carbons (Fsp3) is 0.667. The van der Waals surface area contributed by atoms with Crippen LogP contribution in [0.1, 0.15) is 0 Å². The minimum atomic E-state index is -4.89. The van der Waals surface area contributed by atoms with E-state index in [0.29, 0.717) is 0 Å². The van der Waals surface area contributed by atoms with E-state index in [2.05, 4.69) is 0 Å². The van der Waals surface area contributed by atoms with Gasteiger partial charge in [0.1, 0.15) is 0 Å². The molecule has 1 rings (SSSR count). The third-order valence-corrected chi connectivity index (χ3v) is 1.69. The van der Waals surface area contributed by atoms with E-state index in [0.717, 1.165) is 0 Å². The number of amidine groups is 1. The predicted molar refractivity (Wildman–Crippen MR) is 30.2 cm³/mol. The van der Waals surface area contributed by atoms with E-state index in [1.54, 1.807) is 5.10 Å². The molecule has 0 radical (unpaired) electrons. The van der Waals surface area contributed by atoms with Crippen LogP contribution in [0.25, 0.3) is 0 Å². The van der Waals surface area contributed by atoms with Crippen LogP contribution in [0.3, 0.4) is 0 Å². The Balaban J connectivity index is 3.06. The molecule has 0 spiro atoms. The Labute approximate surface area is 85.5 Å². The van der Waals surface area contributed by atoms with E-state index in [9.17, 15) is 40.1 Å². The average molecular weight is 277 g/mol. The summed E-state index contributed by atoms with van der Waals surface area (Å²) in [6, 6.07) is 0. The van der Waals surface area contributed by atoms with Crippen molar-refractivity contribution in [3.05, 3.63) is 0 Å². The summed E-state index contributed by atoms with van der Waals surface area (Å²) in [7, 11) is 0. The zero-order valence-corrected chi connectivity index (χ0v) is 7.14. The van der Waals surface area contributed by atoms with Gasteiger partial charge in [0.15, 0.2) is 0 Å². The maximum absolute atomic E-state index is 12.9. The van der Waals surface area contributed by atoms with E-state index in [1.165, 1.54) is 0 Å². The first-order valence-corrected chi connectivity index (χ1v) is 3.37. The Morgan fingerprint density at radius 2 is 1.24 bits per heavy atom. The summed E-state index contributed by atoms with van der Waals surface area (Å²) >= 11 is 0. The zero-order valence-electron chi connectivity index (χ0n) is 7.14. The van der Waals surface area contributed by atoms with E-state index in [1.807, 2.05) is 0 Å². The maximum Gasteiger partial charge on any atom is 0.387 e. The van der Waals surface area contributed by atoms with Crippen molar-refractivity contribution in [2.75, 3.05) is 0 Å². The molecule has 0 aromatic carbocycles. The van der Waals surface area contributed by atoms with Crippen LogP contribution in [-0.4, -0.2) is 39.0 Å². The Kier molecular flexibility index (Phi) is 3.04. The van der Waals surface area contributed by atoms with Crippen LogP contribution >= 0.6 is 0 Å². The molecule has 2 atom stereocenters. The average Bonchev–Trinajstić information content (AvgIpc) is 2.68. The molecular weight excluding hydrogens is 277 g/mol. The predicted octanol–water partition coefficient (Wildman–Crippen LogP) is 2.00. The summed E-state index contributed by atoms with van der Waals surface area (Å²) in [5.74, 6) is -9.77. The Bertz CT molecular complexity index is 313. The molecule has 0 bridgehead atoms. The minimum absolute atomic E-state index is 1.53. The van der Waals surface area contributed by atoms with Crippen LogP contribution in [0.5, 0.6) is 0 Å². The topological polar surface area (TPSA) is 25.1 Å². The van der Waals surface area contributed by atoms with Crippen molar-refractivity contribution in [3.8, 4) is 0 Å². The van der Waals surface area contributed by atoms with E-state index < -0.39 is 39.0 Å². The van der Waals surface area contributed by atoms with Gasteiger partial charge >= 0.3 is 17.9 Å². The standard InChI is InChI=1S/C3F9N5/c4-1(14(7)8)13-15-2(5,16(9)10)3(15,6)17(11)12/b13-1-. The molecule has 2 unspecified atom stereocenters. The summed E-state index contributed by atoms with van der Waals surface area (Å²) in [5.41, 5.74) is 0. The van der Waals surface area contributed by atoms with Crippen molar-refractivity contribution in [3.63, 3.8) is 0 Å². The lowest BCUT2D eigenvalue weighted by atomic mass is 10.6. The highest BCUT2D eigenvalue weighted by Crippen LogP contribution is 2.59. The highest BCUT2D eigenvalue weighted by Gasteiger charge is 2.91. The molecule has 1 fully saturated rings. The number of hydrazone groups is 1. The molecule has 100 valence electrons. The molecular formula is C3F9N5. The fourth-order valence-electron chi connectivity index (χ4n) is 0.880. The monoisotopic (exact) mass is 277 g/mol. The van der Waals surface area contributed by atoms with E-state index >= 15 is 0 Å². The van der Waals surface area contributed by atoms with Crippen molar-refractivity contribution >= 4 is 6.09 Å². The molecule has 5 nitrogen and oxygen atoms in total. The van der Waals surface area contributed by atoms with Gasteiger partial charge in [-0.15, -0.1) is 5.10 Å². The molecule has 0 aromatic heterocycles. The van der Waals surface area contributed by atoms with E-state index in [-0.39, 0.29) is 0 Å².